The number of sulfonamides is 1. The SMILES string of the molecule is C/C(=N/NC(=O)CN(c1ccc(F)cc1)S(=O)(=O)c1ccc2c(c1)OCCO2)c1cccc(Br)c1. The molecule has 3 aromatic carbocycles. The van der Waals surface area contributed by atoms with Crippen LogP contribution in [0.3, 0.4) is 0 Å². The number of fused-ring (bicyclic) bond motifs is 1. The van der Waals surface area contributed by atoms with Crippen LogP contribution in [0, 0.1) is 5.82 Å². The Morgan fingerprint density at radius 3 is 2.49 bits per heavy atom. The van der Waals surface area contributed by atoms with Gasteiger partial charge in [0.05, 0.1) is 16.3 Å². The Morgan fingerprint density at radius 2 is 1.77 bits per heavy atom. The first-order valence-corrected chi connectivity index (χ1v) is 12.7. The van der Waals surface area contributed by atoms with Crippen molar-refractivity contribution in [2.75, 3.05) is 24.1 Å². The summed E-state index contributed by atoms with van der Waals surface area (Å²) in [6.45, 7) is 1.78. The second-order valence-electron chi connectivity index (χ2n) is 7.54. The van der Waals surface area contributed by atoms with Crippen LogP contribution in [0.1, 0.15) is 12.5 Å². The molecule has 0 bridgehead atoms. The Hall–Kier alpha value is -3.44. The van der Waals surface area contributed by atoms with E-state index in [-0.39, 0.29) is 22.9 Å². The van der Waals surface area contributed by atoms with E-state index >= 15 is 0 Å². The first-order valence-electron chi connectivity index (χ1n) is 10.5. The number of nitrogens with one attached hydrogen (secondary N) is 1. The van der Waals surface area contributed by atoms with Crippen molar-refractivity contribution in [3.05, 3.63) is 82.6 Å². The molecule has 0 fully saturated rings. The van der Waals surface area contributed by atoms with Crippen LogP contribution in [0.5, 0.6) is 11.5 Å². The molecule has 1 N–H and O–H groups in total. The highest BCUT2D eigenvalue weighted by Gasteiger charge is 2.29. The fourth-order valence-electron chi connectivity index (χ4n) is 3.32. The van der Waals surface area contributed by atoms with Crippen molar-refractivity contribution < 1.29 is 27.1 Å². The lowest BCUT2D eigenvalue weighted by Gasteiger charge is -2.25. The van der Waals surface area contributed by atoms with Crippen LogP contribution >= 0.6 is 15.9 Å². The number of hydrogen-bond donors (Lipinski definition) is 1. The summed E-state index contributed by atoms with van der Waals surface area (Å²) in [5, 5.41) is 4.09. The summed E-state index contributed by atoms with van der Waals surface area (Å²) in [5.74, 6) is -0.498. The number of nitrogens with zero attached hydrogens (tertiary/aromatic N) is 2. The van der Waals surface area contributed by atoms with E-state index < -0.39 is 28.3 Å². The molecule has 11 heteroatoms. The molecule has 1 heterocycles. The van der Waals surface area contributed by atoms with Gasteiger partial charge in [-0.05, 0) is 61.0 Å². The quantitative estimate of drug-likeness (QED) is 0.346. The molecule has 35 heavy (non-hydrogen) atoms. The van der Waals surface area contributed by atoms with E-state index in [1.807, 2.05) is 24.3 Å². The summed E-state index contributed by atoms with van der Waals surface area (Å²) in [6.07, 6.45) is 0. The molecule has 0 aromatic heterocycles. The number of carbonyl (C=O) groups is 1. The van der Waals surface area contributed by atoms with E-state index in [0.29, 0.717) is 18.1 Å². The molecule has 0 radical (unpaired) electrons. The number of hydrogen-bond acceptors (Lipinski definition) is 6. The number of rotatable bonds is 7. The van der Waals surface area contributed by atoms with Gasteiger partial charge in [0.25, 0.3) is 15.9 Å². The lowest BCUT2D eigenvalue weighted by molar-refractivity contribution is -0.119. The standard InChI is InChI=1S/C24H21BrFN3O5S/c1-16(17-3-2-4-18(25)13-17)27-28-24(30)15-29(20-7-5-19(26)6-8-20)35(31,32)21-9-10-22-23(14-21)34-12-11-33-22/h2-10,13-14H,11-12,15H2,1H3,(H,28,30)/b27-16-. The number of anilines is 1. The largest absolute Gasteiger partial charge is 0.486 e. The Bertz CT molecular complexity index is 1380. The van der Waals surface area contributed by atoms with Gasteiger partial charge in [0.1, 0.15) is 25.6 Å². The van der Waals surface area contributed by atoms with Crippen LogP contribution in [0.2, 0.25) is 0 Å². The van der Waals surface area contributed by atoms with Crippen molar-refractivity contribution in [2.45, 2.75) is 11.8 Å². The molecule has 0 unspecified atom stereocenters. The van der Waals surface area contributed by atoms with Crippen molar-refractivity contribution in [2.24, 2.45) is 5.10 Å². The fourth-order valence-corrected chi connectivity index (χ4v) is 5.16. The number of amides is 1. The molecule has 1 aliphatic rings. The van der Waals surface area contributed by atoms with Crippen LogP contribution in [0.15, 0.2) is 81.2 Å². The average Bonchev–Trinajstić information content (AvgIpc) is 2.86. The van der Waals surface area contributed by atoms with Crippen molar-refractivity contribution in [3.63, 3.8) is 0 Å². The van der Waals surface area contributed by atoms with Gasteiger partial charge in [-0.2, -0.15) is 5.10 Å². The number of hydrazone groups is 1. The van der Waals surface area contributed by atoms with Gasteiger partial charge in [0.2, 0.25) is 0 Å². The topological polar surface area (TPSA) is 97.3 Å². The Labute approximate surface area is 210 Å². The predicted octanol–water partition coefficient (Wildman–Crippen LogP) is 4.10. The third kappa shape index (κ3) is 5.80. The first-order chi connectivity index (χ1) is 16.7. The van der Waals surface area contributed by atoms with Crippen LogP contribution in [0.25, 0.3) is 0 Å². The average molecular weight is 562 g/mol. The summed E-state index contributed by atoms with van der Waals surface area (Å²) < 4.78 is 53.3. The molecule has 0 saturated heterocycles. The van der Waals surface area contributed by atoms with Gasteiger partial charge in [-0.1, -0.05) is 28.1 Å². The molecule has 0 saturated carbocycles. The maximum absolute atomic E-state index is 13.6. The summed E-state index contributed by atoms with van der Waals surface area (Å²) in [6, 6.07) is 16.4. The Kier molecular flexibility index (Phi) is 7.37. The van der Waals surface area contributed by atoms with E-state index in [0.717, 1.165) is 26.5 Å². The summed E-state index contributed by atoms with van der Waals surface area (Å²) >= 11 is 3.38. The van der Waals surface area contributed by atoms with Crippen molar-refractivity contribution in [1.82, 2.24) is 5.43 Å². The van der Waals surface area contributed by atoms with E-state index in [1.165, 1.54) is 30.3 Å². The van der Waals surface area contributed by atoms with E-state index in [2.05, 4.69) is 26.5 Å². The van der Waals surface area contributed by atoms with Gasteiger partial charge in [0, 0.05) is 10.5 Å². The van der Waals surface area contributed by atoms with Crippen molar-refractivity contribution in [1.29, 1.82) is 0 Å². The Balaban J connectivity index is 1.61. The lowest BCUT2D eigenvalue weighted by atomic mass is 10.1. The number of ether oxygens (including phenoxy) is 2. The van der Waals surface area contributed by atoms with Crippen LogP contribution in [0.4, 0.5) is 10.1 Å². The van der Waals surface area contributed by atoms with Crippen molar-refractivity contribution >= 4 is 43.3 Å². The maximum atomic E-state index is 13.6. The minimum absolute atomic E-state index is 0.104. The van der Waals surface area contributed by atoms with E-state index in [9.17, 15) is 17.6 Å². The molecular formula is C24H21BrFN3O5S. The predicted molar refractivity (Wildman–Crippen MR) is 133 cm³/mol. The second kappa shape index (κ2) is 10.4. The van der Waals surface area contributed by atoms with Gasteiger partial charge >= 0.3 is 0 Å². The number of benzene rings is 3. The minimum atomic E-state index is -4.23. The number of halogens is 2. The van der Waals surface area contributed by atoms with Crippen LogP contribution in [-0.2, 0) is 14.8 Å². The molecule has 1 amide bonds. The molecule has 0 spiro atoms. The monoisotopic (exact) mass is 561 g/mol. The zero-order valence-electron chi connectivity index (χ0n) is 18.6. The minimum Gasteiger partial charge on any atom is -0.486 e. The van der Waals surface area contributed by atoms with Gasteiger partial charge in [-0.25, -0.2) is 18.2 Å². The molecule has 1 aliphatic heterocycles. The smallest absolute Gasteiger partial charge is 0.264 e. The van der Waals surface area contributed by atoms with Gasteiger partial charge in [-0.3, -0.25) is 9.10 Å². The van der Waals surface area contributed by atoms with Gasteiger partial charge < -0.3 is 9.47 Å². The zero-order chi connectivity index (χ0) is 25.0. The highest BCUT2D eigenvalue weighted by atomic mass is 79.9. The molecule has 0 aliphatic carbocycles. The van der Waals surface area contributed by atoms with E-state index in [1.54, 1.807) is 6.92 Å². The van der Waals surface area contributed by atoms with Crippen molar-refractivity contribution in [3.8, 4) is 11.5 Å². The molecule has 4 rings (SSSR count). The van der Waals surface area contributed by atoms with Crippen LogP contribution < -0.4 is 19.2 Å². The fraction of sp³-hybridized carbons (Fsp3) is 0.167. The third-order valence-corrected chi connectivity index (χ3v) is 7.36. The normalized spacial score (nSPS) is 13.3. The zero-order valence-corrected chi connectivity index (χ0v) is 21.0. The first kappa shape index (κ1) is 24.7. The Morgan fingerprint density at radius 1 is 1.06 bits per heavy atom. The van der Waals surface area contributed by atoms with Crippen LogP contribution in [-0.4, -0.2) is 39.8 Å². The molecule has 0 atom stereocenters. The number of carbonyl (C=O) groups excluding carboxylic acids is 1. The molecule has 182 valence electrons. The van der Waals surface area contributed by atoms with E-state index in [4.69, 9.17) is 9.47 Å². The van der Waals surface area contributed by atoms with Gasteiger partial charge in [0.15, 0.2) is 11.5 Å². The molecule has 3 aromatic rings. The highest BCUT2D eigenvalue weighted by molar-refractivity contribution is 9.10. The summed E-state index contributed by atoms with van der Waals surface area (Å²) in [4.78, 5) is 12.7. The highest BCUT2D eigenvalue weighted by Crippen LogP contribution is 2.34. The molecule has 8 nitrogen and oxygen atoms in total. The maximum Gasteiger partial charge on any atom is 0.264 e. The third-order valence-electron chi connectivity index (χ3n) is 5.09. The summed E-state index contributed by atoms with van der Waals surface area (Å²) in [5.41, 5.74) is 3.82. The summed E-state index contributed by atoms with van der Waals surface area (Å²) in [7, 11) is -4.23. The second-order valence-corrected chi connectivity index (χ2v) is 10.3. The van der Waals surface area contributed by atoms with Gasteiger partial charge in [-0.15, -0.1) is 0 Å². The lowest BCUT2D eigenvalue weighted by Crippen LogP contribution is -2.39. The molecular weight excluding hydrogens is 541 g/mol.